The minimum absolute atomic E-state index is 0.0915. The van der Waals surface area contributed by atoms with Crippen molar-refractivity contribution in [2.45, 2.75) is 25.4 Å². The van der Waals surface area contributed by atoms with Crippen molar-refractivity contribution in [3.05, 3.63) is 59.2 Å². The van der Waals surface area contributed by atoms with Crippen LogP contribution in [0.4, 0.5) is 5.69 Å². The van der Waals surface area contributed by atoms with Crippen LogP contribution in [0.25, 0.3) is 0 Å². The summed E-state index contributed by atoms with van der Waals surface area (Å²) in [6.07, 6.45) is 0.335. The standard InChI is InChI=1S/C18H17NO4/c1-2-11-7-8-14-13(9-11)18(23,17(22)19-14)10-16(21)12-5-3-4-6-15(12)20/h3-9,20,23H,2,10H2,1H3,(H,19,22)/t18-/m1/s1. The van der Waals surface area contributed by atoms with E-state index >= 15 is 0 Å². The molecule has 23 heavy (non-hydrogen) atoms. The van der Waals surface area contributed by atoms with Crippen LogP contribution in [0, 0.1) is 0 Å². The molecule has 0 fully saturated rings. The first-order chi connectivity index (χ1) is 11.0. The molecule has 118 valence electrons. The largest absolute Gasteiger partial charge is 0.507 e. The molecule has 3 rings (SSSR count). The van der Waals surface area contributed by atoms with E-state index < -0.39 is 23.7 Å². The summed E-state index contributed by atoms with van der Waals surface area (Å²) in [7, 11) is 0. The van der Waals surface area contributed by atoms with E-state index in [0.29, 0.717) is 11.3 Å². The van der Waals surface area contributed by atoms with Gasteiger partial charge in [-0.05, 0) is 30.2 Å². The molecule has 0 bridgehead atoms. The fourth-order valence-corrected chi connectivity index (χ4v) is 2.82. The van der Waals surface area contributed by atoms with Gasteiger partial charge in [0.05, 0.1) is 12.0 Å². The van der Waals surface area contributed by atoms with Crippen molar-refractivity contribution in [2.24, 2.45) is 0 Å². The first-order valence-corrected chi connectivity index (χ1v) is 7.44. The number of benzene rings is 2. The molecule has 1 atom stereocenters. The van der Waals surface area contributed by atoms with Crippen molar-refractivity contribution in [1.29, 1.82) is 0 Å². The second kappa shape index (κ2) is 5.52. The molecule has 0 saturated carbocycles. The van der Waals surface area contributed by atoms with Crippen LogP contribution in [-0.2, 0) is 16.8 Å². The maximum absolute atomic E-state index is 12.4. The Hall–Kier alpha value is -2.66. The van der Waals surface area contributed by atoms with E-state index in [1.807, 2.05) is 13.0 Å². The average Bonchev–Trinajstić information content (AvgIpc) is 2.78. The van der Waals surface area contributed by atoms with Gasteiger partial charge >= 0.3 is 0 Å². The zero-order valence-corrected chi connectivity index (χ0v) is 12.7. The van der Waals surface area contributed by atoms with Gasteiger partial charge in [0.15, 0.2) is 11.4 Å². The molecule has 0 aliphatic carbocycles. The number of carbonyl (C=O) groups excluding carboxylic acids is 2. The lowest BCUT2D eigenvalue weighted by Gasteiger charge is -2.20. The van der Waals surface area contributed by atoms with E-state index in [0.717, 1.165) is 12.0 Å². The molecule has 0 unspecified atom stereocenters. The highest BCUT2D eigenvalue weighted by molar-refractivity contribution is 6.10. The van der Waals surface area contributed by atoms with Crippen LogP contribution >= 0.6 is 0 Å². The second-order valence-corrected chi connectivity index (χ2v) is 5.66. The Labute approximate surface area is 133 Å². The Morgan fingerprint density at radius 2 is 1.96 bits per heavy atom. The number of hydrogen-bond donors (Lipinski definition) is 3. The average molecular weight is 311 g/mol. The topological polar surface area (TPSA) is 86.6 Å². The van der Waals surface area contributed by atoms with Crippen LogP contribution in [0.1, 0.15) is 34.8 Å². The SMILES string of the molecule is CCc1ccc2c(c1)[C@](O)(CC(=O)c1ccccc1O)C(=O)N2. The number of fused-ring (bicyclic) bond motifs is 1. The molecule has 1 aliphatic rings. The number of amides is 1. The van der Waals surface area contributed by atoms with Crippen LogP contribution in [0.5, 0.6) is 5.75 Å². The van der Waals surface area contributed by atoms with Crippen LogP contribution in [0.15, 0.2) is 42.5 Å². The van der Waals surface area contributed by atoms with Crippen molar-refractivity contribution in [1.82, 2.24) is 0 Å². The Balaban J connectivity index is 1.98. The summed E-state index contributed by atoms with van der Waals surface area (Å²) in [5.41, 5.74) is 0.0628. The molecule has 2 aromatic carbocycles. The summed E-state index contributed by atoms with van der Waals surface area (Å²) < 4.78 is 0. The van der Waals surface area contributed by atoms with E-state index in [-0.39, 0.29) is 11.3 Å². The van der Waals surface area contributed by atoms with Gasteiger partial charge in [-0.1, -0.05) is 31.2 Å². The van der Waals surface area contributed by atoms with Crippen molar-refractivity contribution in [3.63, 3.8) is 0 Å². The third-order valence-electron chi connectivity index (χ3n) is 4.18. The number of phenols is 1. The number of aromatic hydroxyl groups is 1. The Morgan fingerprint density at radius 1 is 1.22 bits per heavy atom. The maximum Gasteiger partial charge on any atom is 0.261 e. The second-order valence-electron chi connectivity index (χ2n) is 5.66. The zero-order valence-electron chi connectivity index (χ0n) is 12.7. The first-order valence-electron chi connectivity index (χ1n) is 7.44. The third kappa shape index (κ3) is 2.49. The molecule has 2 aromatic rings. The number of anilines is 1. The number of hydrogen-bond acceptors (Lipinski definition) is 4. The van der Waals surface area contributed by atoms with Gasteiger partial charge in [0, 0.05) is 11.3 Å². The third-order valence-corrected chi connectivity index (χ3v) is 4.18. The van der Waals surface area contributed by atoms with Gasteiger partial charge in [-0.25, -0.2) is 0 Å². The van der Waals surface area contributed by atoms with Crippen LogP contribution in [-0.4, -0.2) is 21.9 Å². The number of nitrogens with one attached hydrogen (secondary N) is 1. The van der Waals surface area contributed by atoms with Crippen LogP contribution < -0.4 is 5.32 Å². The Kier molecular flexibility index (Phi) is 3.66. The van der Waals surface area contributed by atoms with E-state index in [1.165, 1.54) is 12.1 Å². The summed E-state index contributed by atoms with van der Waals surface area (Å²) in [6, 6.07) is 11.4. The van der Waals surface area contributed by atoms with Crippen molar-refractivity contribution < 1.29 is 19.8 Å². The molecule has 0 radical (unpaired) electrons. The Morgan fingerprint density at radius 3 is 2.65 bits per heavy atom. The summed E-state index contributed by atoms with van der Waals surface area (Å²) in [5, 5.41) is 23.2. The summed E-state index contributed by atoms with van der Waals surface area (Å²) in [6.45, 7) is 1.97. The van der Waals surface area contributed by atoms with Gasteiger partial charge in [0.1, 0.15) is 5.75 Å². The molecule has 0 saturated heterocycles. The van der Waals surface area contributed by atoms with Gasteiger partial charge in [0.25, 0.3) is 5.91 Å². The van der Waals surface area contributed by atoms with Gasteiger partial charge in [-0.2, -0.15) is 0 Å². The molecule has 5 heteroatoms. The quantitative estimate of drug-likeness (QED) is 0.757. The monoisotopic (exact) mass is 311 g/mol. The number of carbonyl (C=O) groups is 2. The van der Waals surface area contributed by atoms with Crippen LogP contribution in [0.3, 0.4) is 0 Å². The fourth-order valence-electron chi connectivity index (χ4n) is 2.82. The highest BCUT2D eigenvalue weighted by atomic mass is 16.3. The zero-order chi connectivity index (χ0) is 16.6. The van der Waals surface area contributed by atoms with Gasteiger partial charge in [-0.15, -0.1) is 0 Å². The molecule has 5 nitrogen and oxygen atoms in total. The lowest BCUT2D eigenvalue weighted by atomic mass is 9.87. The first kappa shape index (κ1) is 15.2. The Bertz CT molecular complexity index is 799. The molecular weight excluding hydrogens is 294 g/mol. The molecule has 1 heterocycles. The van der Waals surface area contributed by atoms with Crippen molar-refractivity contribution >= 4 is 17.4 Å². The summed E-state index contributed by atoms with van der Waals surface area (Å²) in [5.74, 6) is -1.28. The molecule has 1 aliphatic heterocycles. The summed E-state index contributed by atoms with van der Waals surface area (Å²) in [4.78, 5) is 24.7. The van der Waals surface area contributed by atoms with Gasteiger partial charge in [0.2, 0.25) is 0 Å². The normalized spacial score (nSPS) is 19.3. The van der Waals surface area contributed by atoms with Crippen molar-refractivity contribution in [2.75, 3.05) is 5.32 Å². The van der Waals surface area contributed by atoms with E-state index in [1.54, 1.807) is 24.3 Å². The van der Waals surface area contributed by atoms with E-state index in [9.17, 15) is 19.8 Å². The number of rotatable bonds is 4. The predicted molar refractivity (Wildman–Crippen MR) is 85.4 cm³/mol. The summed E-state index contributed by atoms with van der Waals surface area (Å²) >= 11 is 0. The number of aryl methyl sites for hydroxylation is 1. The van der Waals surface area contributed by atoms with Gasteiger partial charge < -0.3 is 15.5 Å². The highest BCUT2D eigenvalue weighted by Crippen LogP contribution is 2.40. The molecule has 1 amide bonds. The number of phenolic OH excluding ortho intramolecular Hbond substituents is 1. The lowest BCUT2D eigenvalue weighted by Crippen LogP contribution is -2.36. The molecule has 0 aromatic heterocycles. The predicted octanol–water partition coefficient (Wildman–Crippen LogP) is 2.37. The van der Waals surface area contributed by atoms with Crippen LogP contribution in [0.2, 0.25) is 0 Å². The van der Waals surface area contributed by atoms with E-state index in [4.69, 9.17) is 0 Å². The maximum atomic E-state index is 12.4. The number of Topliss-reactive ketones (excluding diaryl/α,β-unsaturated/α-hetero) is 1. The molecular formula is C18H17NO4. The number of aliphatic hydroxyl groups is 1. The minimum Gasteiger partial charge on any atom is -0.507 e. The van der Waals surface area contributed by atoms with E-state index in [2.05, 4.69) is 5.32 Å². The van der Waals surface area contributed by atoms with Gasteiger partial charge in [-0.3, -0.25) is 9.59 Å². The number of ketones is 1. The fraction of sp³-hybridized carbons (Fsp3) is 0.222. The molecule has 3 N–H and O–H groups in total. The van der Waals surface area contributed by atoms with Crippen molar-refractivity contribution in [3.8, 4) is 5.75 Å². The molecule has 0 spiro atoms. The number of para-hydroxylation sites is 1. The lowest BCUT2D eigenvalue weighted by molar-refractivity contribution is -0.133. The minimum atomic E-state index is -1.92. The smallest absolute Gasteiger partial charge is 0.261 e. The highest BCUT2D eigenvalue weighted by Gasteiger charge is 2.47.